The topological polar surface area (TPSA) is 41.1 Å². The standard InChI is InChI=1S/C19H24N2OS.ClH/c22-19(9-8-16-10-11-20-14-16)21-17(18-7-4-12-23-18)13-15-5-2-1-3-6-15;/h1-7,12,16-17,20H,8-11,13-14H2,(H,21,22);1H. The molecule has 0 spiro atoms. The van der Waals surface area contributed by atoms with Gasteiger partial charge in [0.1, 0.15) is 0 Å². The highest BCUT2D eigenvalue weighted by molar-refractivity contribution is 7.10. The predicted molar refractivity (Wildman–Crippen MR) is 103 cm³/mol. The van der Waals surface area contributed by atoms with Crippen molar-refractivity contribution in [2.75, 3.05) is 13.1 Å². The maximum atomic E-state index is 12.4. The number of amides is 1. The zero-order valence-corrected chi connectivity index (χ0v) is 15.4. The van der Waals surface area contributed by atoms with Gasteiger partial charge in [-0.25, -0.2) is 0 Å². The largest absolute Gasteiger partial charge is 0.348 e. The van der Waals surface area contributed by atoms with Gasteiger partial charge in [0.05, 0.1) is 6.04 Å². The first-order valence-corrected chi connectivity index (χ1v) is 9.26. The van der Waals surface area contributed by atoms with Gasteiger partial charge in [-0.3, -0.25) is 4.79 Å². The van der Waals surface area contributed by atoms with Crippen molar-refractivity contribution in [3.05, 3.63) is 58.3 Å². The molecule has 130 valence electrons. The average molecular weight is 365 g/mol. The van der Waals surface area contributed by atoms with E-state index >= 15 is 0 Å². The van der Waals surface area contributed by atoms with Crippen LogP contribution in [0, 0.1) is 5.92 Å². The van der Waals surface area contributed by atoms with E-state index in [1.807, 2.05) is 12.1 Å². The maximum Gasteiger partial charge on any atom is 0.220 e. The highest BCUT2D eigenvalue weighted by Crippen LogP contribution is 2.23. The lowest BCUT2D eigenvalue weighted by atomic mass is 10.0. The Labute approximate surface area is 154 Å². The van der Waals surface area contributed by atoms with Crippen LogP contribution in [0.3, 0.4) is 0 Å². The molecule has 3 rings (SSSR count). The van der Waals surface area contributed by atoms with E-state index in [0.29, 0.717) is 12.3 Å². The highest BCUT2D eigenvalue weighted by atomic mass is 35.5. The fourth-order valence-electron chi connectivity index (χ4n) is 3.12. The Morgan fingerprint density at radius 2 is 2.08 bits per heavy atom. The minimum absolute atomic E-state index is 0. The molecule has 0 bridgehead atoms. The third-order valence-electron chi connectivity index (χ3n) is 4.45. The third kappa shape index (κ3) is 5.62. The lowest BCUT2D eigenvalue weighted by Gasteiger charge is -2.18. The first-order chi connectivity index (χ1) is 11.3. The van der Waals surface area contributed by atoms with E-state index in [2.05, 4.69) is 46.3 Å². The van der Waals surface area contributed by atoms with E-state index in [1.165, 1.54) is 16.9 Å². The Bertz CT molecular complexity index is 597. The molecular formula is C19H25ClN2OS. The lowest BCUT2D eigenvalue weighted by Crippen LogP contribution is -2.29. The number of nitrogens with one attached hydrogen (secondary N) is 2. The number of carbonyl (C=O) groups is 1. The normalized spacial score (nSPS) is 17.9. The summed E-state index contributed by atoms with van der Waals surface area (Å²) in [7, 11) is 0. The fourth-order valence-corrected chi connectivity index (χ4v) is 3.90. The van der Waals surface area contributed by atoms with Gasteiger partial charge in [-0.1, -0.05) is 36.4 Å². The van der Waals surface area contributed by atoms with Crippen LogP contribution >= 0.6 is 23.7 Å². The van der Waals surface area contributed by atoms with Gasteiger partial charge >= 0.3 is 0 Å². The van der Waals surface area contributed by atoms with Gasteiger partial charge in [-0.15, -0.1) is 23.7 Å². The second-order valence-electron chi connectivity index (χ2n) is 6.22. The van der Waals surface area contributed by atoms with Gasteiger partial charge in [0.25, 0.3) is 0 Å². The molecule has 24 heavy (non-hydrogen) atoms. The van der Waals surface area contributed by atoms with Crippen molar-refractivity contribution < 1.29 is 4.79 Å². The van der Waals surface area contributed by atoms with E-state index in [4.69, 9.17) is 0 Å². The number of rotatable bonds is 7. The SMILES string of the molecule is Cl.O=C(CCC1CCNC1)NC(Cc1ccccc1)c1cccs1. The van der Waals surface area contributed by atoms with Crippen LogP contribution in [-0.4, -0.2) is 19.0 Å². The van der Waals surface area contributed by atoms with Crippen molar-refractivity contribution in [1.29, 1.82) is 0 Å². The Morgan fingerprint density at radius 3 is 2.75 bits per heavy atom. The summed E-state index contributed by atoms with van der Waals surface area (Å²) in [4.78, 5) is 13.6. The molecule has 1 fully saturated rings. The van der Waals surface area contributed by atoms with Crippen molar-refractivity contribution in [2.45, 2.75) is 31.7 Å². The van der Waals surface area contributed by atoms with Crippen molar-refractivity contribution in [1.82, 2.24) is 10.6 Å². The molecule has 1 amide bonds. The first kappa shape index (κ1) is 19.0. The minimum atomic E-state index is 0. The molecule has 2 N–H and O–H groups in total. The Hall–Kier alpha value is -1.36. The number of hydrogen-bond acceptors (Lipinski definition) is 3. The summed E-state index contributed by atoms with van der Waals surface area (Å²) in [6.07, 6.45) is 3.66. The van der Waals surface area contributed by atoms with Gasteiger partial charge in [-0.05, 0) is 55.3 Å². The second kappa shape index (κ2) is 9.82. The predicted octanol–water partition coefficient (Wildman–Crippen LogP) is 3.96. The monoisotopic (exact) mass is 364 g/mol. The van der Waals surface area contributed by atoms with Crippen molar-refractivity contribution in [3.8, 4) is 0 Å². The van der Waals surface area contributed by atoms with Crippen LogP contribution in [0.1, 0.15) is 35.7 Å². The van der Waals surface area contributed by atoms with Crippen LogP contribution in [0.25, 0.3) is 0 Å². The van der Waals surface area contributed by atoms with Crippen LogP contribution in [0.2, 0.25) is 0 Å². The van der Waals surface area contributed by atoms with Crippen molar-refractivity contribution in [3.63, 3.8) is 0 Å². The summed E-state index contributed by atoms with van der Waals surface area (Å²) in [5, 5.41) is 8.68. The molecule has 0 aliphatic carbocycles. The molecule has 1 aliphatic heterocycles. The molecule has 1 saturated heterocycles. The quantitative estimate of drug-likeness (QED) is 0.780. The van der Waals surface area contributed by atoms with E-state index in [9.17, 15) is 4.79 Å². The number of carbonyl (C=O) groups excluding carboxylic acids is 1. The Morgan fingerprint density at radius 1 is 1.25 bits per heavy atom. The van der Waals surface area contributed by atoms with Crippen LogP contribution in [0.15, 0.2) is 47.8 Å². The van der Waals surface area contributed by atoms with Gasteiger partial charge in [0.15, 0.2) is 0 Å². The Kier molecular flexibility index (Phi) is 7.76. The molecule has 0 saturated carbocycles. The van der Waals surface area contributed by atoms with E-state index < -0.39 is 0 Å². The number of hydrogen-bond donors (Lipinski definition) is 2. The third-order valence-corrected chi connectivity index (χ3v) is 5.43. The van der Waals surface area contributed by atoms with Crippen LogP contribution in [0.5, 0.6) is 0 Å². The van der Waals surface area contributed by atoms with Crippen LogP contribution < -0.4 is 10.6 Å². The molecule has 1 aliphatic rings. The average Bonchev–Trinajstić information content (AvgIpc) is 3.27. The molecule has 1 aromatic carbocycles. The molecular weight excluding hydrogens is 340 g/mol. The molecule has 2 atom stereocenters. The molecule has 0 radical (unpaired) electrons. The number of thiophene rings is 1. The first-order valence-electron chi connectivity index (χ1n) is 8.38. The van der Waals surface area contributed by atoms with Gasteiger partial charge in [0, 0.05) is 11.3 Å². The number of benzene rings is 1. The van der Waals surface area contributed by atoms with Crippen LogP contribution in [-0.2, 0) is 11.2 Å². The van der Waals surface area contributed by atoms with Gasteiger partial charge in [0.2, 0.25) is 5.91 Å². The van der Waals surface area contributed by atoms with E-state index in [0.717, 1.165) is 25.9 Å². The molecule has 3 nitrogen and oxygen atoms in total. The zero-order valence-electron chi connectivity index (χ0n) is 13.7. The van der Waals surface area contributed by atoms with Crippen molar-refractivity contribution in [2.24, 2.45) is 5.92 Å². The van der Waals surface area contributed by atoms with Crippen molar-refractivity contribution >= 4 is 29.7 Å². The smallest absolute Gasteiger partial charge is 0.220 e. The van der Waals surface area contributed by atoms with Crippen LogP contribution in [0.4, 0.5) is 0 Å². The summed E-state index contributed by atoms with van der Waals surface area (Å²) in [6.45, 7) is 2.16. The van der Waals surface area contributed by atoms with Gasteiger partial charge < -0.3 is 10.6 Å². The summed E-state index contributed by atoms with van der Waals surface area (Å²) >= 11 is 1.71. The molecule has 1 aromatic heterocycles. The van der Waals surface area contributed by atoms with Gasteiger partial charge in [-0.2, -0.15) is 0 Å². The lowest BCUT2D eigenvalue weighted by molar-refractivity contribution is -0.122. The maximum absolute atomic E-state index is 12.4. The summed E-state index contributed by atoms with van der Waals surface area (Å²) in [6, 6.07) is 14.6. The summed E-state index contributed by atoms with van der Waals surface area (Å²) in [5.41, 5.74) is 1.26. The fraction of sp³-hybridized carbons (Fsp3) is 0.421. The second-order valence-corrected chi connectivity index (χ2v) is 7.20. The Balaban J connectivity index is 0.00000208. The van der Waals surface area contributed by atoms with E-state index in [1.54, 1.807) is 11.3 Å². The molecule has 2 aromatic rings. The summed E-state index contributed by atoms with van der Waals surface area (Å²) < 4.78 is 0. The zero-order chi connectivity index (χ0) is 15.9. The number of halogens is 1. The molecule has 2 unspecified atom stereocenters. The summed E-state index contributed by atoms with van der Waals surface area (Å²) in [5.74, 6) is 0.835. The minimum Gasteiger partial charge on any atom is -0.348 e. The van der Waals surface area contributed by atoms with E-state index in [-0.39, 0.29) is 24.4 Å². The molecule has 2 heterocycles. The molecule has 5 heteroatoms. The highest BCUT2D eigenvalue weighted by Gasteiger charge is 2.19.